The van der Waals surface area contributed by atoms with Gasteiger partial charge in [0, 0.05) is 12.0 Å². The molecule has 0 saturated heterocycles. The molecule has 2 aliphatic carbocycles. The van der Waals surface area contributed by atoms with Crippen LogP contribution in [0.5, 0.6) is 5.75 Å². The van der Waals surface area contributed by atoms with Crippen LogP contribution in [0.3, 0.4) is 0 Å². The van der Waals surface area contributed by atoms with Crippen LogP contribution < -0.4 is 4.74 Å². The Balaban J connectivity index is 2.56. The first kappa shape index (κ1) is 13.6. The Labute approximate surface area is 114 Å². The predicted molar refractivity (Wildman–Crippen MR) is 77.8 cm³/mol. The van der Waals surface area contributed by atoms with Gasteiger partial charge >= 0.3 is 5.97 Å². The number of fused-ring (bicyclic) bond motifs is 1. The zero-order chi connectivity index (χ0) is 14.0. The lowest BCUT2D eigenvalue weighted by atomic mass is 10.0. The van der Waals surface area contributed by atoms with E-state index in [1.807, 2.05) is 18.2 Å². The highest BCUT2D eigenvalue weighted by Crippen LogP contribution is 2.36. The fourth-order valence-corrected chi connectivity index (χ4v) is 2.13. The molecule has 0 aliphatic heterocycles. The van der Waals surface area contributed by atoms with Crippen molar-refractivity contribution in [2.75, 3.05) is 0 Å². The summed E-state index contributed by atoms with van der Waals surface area (Å²) in [6.07, 6.45) is 0.386. The Morgan fingerprint density at radius 3 is 2.53 bits per heavy atom. The van der Waals surface area contributed by atoms with Crippen molar-refractivity contribution < 1.29 is 9.53 Å². The molecule has 0 heterocycles. The van der Waals surface area contributed by atoms with E-state index in [-0.39, 0.29) is 5.97 Å². The van der Waals surface area contributed by atoms with Crippen LogP contribution in [0.25, 0.3) is 11.1 Å². The first-order chi connectivity index (χ1) is 9.02. The fourth-order valence-electron chi connectivity index (χ4n) is 2.13. The minimum atomic E-state index is -0.197. The molecule has 100 valence electrons. The molecule has 0 spiro atoms. The van der Waals surface area contributed by atoms with Crippen LogP contribution in [0.15, 0.2) is 30.3 Å². The van der Waals surface area contributed by atoms with E-state index < -0.39 is 0 Å². The van der Waals surface area contributed by atoms with Gasteiger partial charge in [0.15, 0.2) is 0 Å². The second kappa shape index (κ2) is 5.43. The van der Waals surface area contributed by atoms with Gasteiger partial charge in [-0.25, -0.2) is 0 Å². The normalized spacial score (nSPS) is 11.0. The third-order valence-corrected chi connectivity index (χ3v) is 3.40. The minimum absolute atomic E-state index is 0.197. The van der Waals surface area contributed by atoms with Gasteiger partial charge in [-0.2, -0.15) is 0 Å². The van der Waals surface area contributed by atoms with Crippen LogP contribution in [0.4, 0.5) is 0 Å². The van der Waals surface area contributed by atoms with E-state index in [9.17, 15) is 4.79 Å². The monoisotopic (exact) mass is 256 g/mol. The molecule has 2 aliphatic rings. The van der Waals surface area contributed by atoms with Crippen molar-refractivity contribution in [3.63, 3.8) is 0 Å². The molecular weight excluding hydrogens is 236 g/mol. The number of ether oxygens (including phenoxy) is 1. The van der Waals surface area contributed by atoms with Crippen molar-refractivity contribution in [2.45, 2.75) is 40.0 Å². The average molecular weight is 256 g/mol. The topological polar surface area (TPSA) is 26.3 Å². The van der Waals surface area contributed by atoms with Crippen molar-refractivity contribution in [3.8, 4) is 16.9 Å². The molecule has 0 saturated carbocycles. The lowest BCUT2D eigenvalue weighted by Crippen LogP contribution is -2.05. The predicted octanol–water partition coefficient (Wildman–Crippen LogP) is 4.54. The third-order valence-electron chi connectivity index (χ3n) is 3.40. The first-order valence-electron chi connectivity index (χ1n) is 6.77. The number of carbonyl (C=O) groups is 1. The smallest absolute Gasteiger partial charge is 0.310 e. The second-order valence-electron chi connectivity index (χ2n) is 5.17. The highest BCUT2D eigenvalue weighted by molar-refractivity contribution is 5.80. The van der Waals surface area contributed by atoms with Gasteiger partial charge in [-0.1, -0.05) is 45.0 Å². The summed E-state index contributed by atoms with van der Waals surface area (Å²) in [6.45, 7) is 8.21. The zero-order valence-electron chi connectivity index (χ0n) is 12.0. The summed E-state index contributed by atoms with van der Waals surface area (Å²) < 4.78 is 5.45. The molecule has 0 aromatic carbocycles. The highest BCUT2D eigenvalue weighted by Gasteiger charge is 2.14. The van der Waals surface area contributed by atoms with E-state index in [1.54, 1.807) is 6.92 Å². The maximum atomic E-state index is 11.5. The largest absolute Gasteiger partial charge is 0.426 e. The Hall–Kier alpha value is -1.83. The Bertz CT molecular complexity index is 570. The molecule has 0 unspecified atom stereocenters. The molecule has 2 heteroatoms. The lowest BCUT2D eigenvalue weighted by Gasteiger charge is -2.05. The summed E-state index contributed by atoms with van der Waals surface area (Å²) in [6, 6.07) is 10.2. The summed E-state index contributed by atoms with van der Waals surface area (Å²) in [7, 11) is 0. The summed E-state index contributed by atoms with van der Waals surface area (Å²) in [5, 5.41) is 0. The van der Waals surface area contributed by atoms with Gasteiger partial charge in [-0.3, -0.25) is 4.79 Å². The van der Waals surface area contributed by atoms with Crippen LogP contribution in [0.1, 0.15) is 44.2 Å². The van der Waals surface area contributed by atoms with Gasteiger partial charge in [-0.05, 0) is 35.6 Å². The molecule has 0 N–H and O–H groups in total. The van der Waals surface area contributed by atoms with Crippen LogP contribution in [0.2, 0.25) is 0 Å². The van der Waals surface area contributed by atoms with Gasteiger partial charge in [-0.15, -0.1) is 0 Å². The van der Waals surface area contributed by atoms with Gasteiger partial charge in [0.1, 0.15) is 5.75 Å². The van der Waals surface area contributed by atoms with Crippen molar-refractivity contribution in [2.24, 2.45) is 0 Å². The molecular formula is C17H20O2. The summed E-state index contributed by atoms with van der Waals surface area (Å²) in [5.74, 6) is 0.902. The third kappa shape index (κ3) is 2.78. The molecule has 19 heavy (non-hydrogen) atoms. The van der Waals surface area contributed by atoms with E-state index in [0.29, 0.717) is 18.1 Å². The van der Waals surface area contributed by atoms with Crippen molar-refractivity contribution in [1.82, 2.24) is 0 Å². The van der Waals surface area contributed by atoms with Crippen LogP contribution in [-0.2, 0) is 4.79 Å². The van der Waals surface area contributed by atoms with Crippen molar-refractivity contribution in [1.29, 1.82) is 0 Å². The highest BCUT2D eigenvalue weighted by atomic mass is 16.5. The molecule has 0 fully saturated rings. The number of esters is 1. The molecule has 0 radical (unpaired) electrons. The first-order valence-corrected chi connectivity index (χ1v) is 6.77. The van der Waals surface area contributed by atoms with Crippen molar-refractivity contribution >= 4 is 5.97 Å². The molecule has 0 aromatic rings. The van der Waals surface area contributed by atoms with Crippen LogP contribution >= 0.6 is 0 Å². The van der Waals surface area contributed by atoms with Gasteiger partial charge < -0.3 is 4.74 Å². The van der Waals surface area contributed by atoms with Gasteiger partial charge in [0.2, 0.25) is 0 Å². The van der Waals surface area contributed by atoms with E-state index in [1.165, 1.54) is 11.1 Å². The Kier molecular flexibility index (Phi) is 3.89. The Morgan fingerprint density at radius 1 is 1.16 bits per heavy atom. The van der Waals surface area contributed by atoms with Crippen molar-refractivity contribution in [3.05, 3.63) is 41.5 Å². The summed E-state index contributed by atoms with van der Waals surface area (Å²) in [4.78, 5) is 11.5. The second-order valence-corrected chi connectivity index (χ2v) is 5.17. The number of hydrogen-bond donors (Lipinski definition) is 0. The number of hydrogen-bond acceptors (Lipinski definition) is 2. The van der Waals surface area contributed by atoms with E-state index in [2.05, 4.69) is 32.9 Å². The van der Waals surface area contributed by atoms with Crippen LogP contribution in [-0.4, -0.2) is 5.97 Å². The summed E-state index contributed by atoms with van der Waals surface area (Å²) in [5.41, 5.74) is 4.62. The molecule has 2 nitrogen and oxygen atoms in total. The standard InChI is InChI=1S/C17H20O2/c1-5-17(18)19-16-9-7-13(11(2)3)10-15-12(4)6-8-14(15)16/h6-11H,5H2,1-4H3. The molecule has 0 amide bonds. The van der Waals surface area contributed by atoms with Gasteiger partial charge in [0.25, 0.3) is 0 Å². The number of carbonyl (C=O) groups excluding carboxylic acids is 1. The minimum Gasteiger partial charge on any atom is -0.426 e. The van der Waals surface area contributed by atoms with E-state index >= 15 is 0 Å². The van der Waals surface area contributed by atoms with E-state index in [0.717, 1.165) is 11.1 Å². The molecule has 0 bridgehead atoms. The SMILES string of the molecule is CCC(=O)Oc1ccc(C(C)C)cc2c(C)ccc1-2. The fraction of sp³-hybridized carbons (Fsp3) is 0.353. The molecule has 2 rings (SSSR count). The average Bonchev–Trinajstić information content (AvgIpc) is 2.63. The summed E-state index contributed by atoms with van der Waals surface area (Å²) >= 11 is 0. The number of aryl methyl sites for hydroxylation is 1. The maximum absolute atomic E-state index is 11.5. The quantitative estimate of drug-likeness (QED) is 0.754. The number of rotatable bonds is 3. The molecule has 0 atom stereocenters. The zero-order valence-corrected chi connectivity index (χ0v) is 12.0. The lowest BCUT2D eigenvalue weighted by molar-refractivity contribution is -0.133. The van der Waals surface area contributed by atoms with E-state index in [4.69, 9.17) is 4.74 Å². The molecule has 0 aromatic heterocycles. The van der Waals surface area contributed by atoms with Crippen LogP contribution in [0, 0.1) is 6.92 Å². The maximum Gasteiger partial charge on any atom is 0.310 e. The van der Waals surface area contributed by atoms with Gasteiger partial charge in [0.05, 0.1) is 0 Å². The Morgan fingerprint density at radius 2 is 1.89 bits per heavy atom.